The van der Waals surface area contributed by atoms with Gasteiger partial charge in [0.25, 0.3) is 0 Å². The first kappa shape index (κ1) is 11.7. The van der Waals surface area contributed by atoms with Crippen LogP contribution < -0.4 is 5.32 Å². The van der Waals surface area contributed by atoms with Crippen molar-refractivity contribution in [2.24, 2.45) is 5.92 Å². The highest BCUT2D eigenvalue weighted by molar-refractivity contribution is 4.90. The Morgan fingerprint density at radius 1 is 1.25 bits per heavy atom. The standard InChI is InChI=1S/C11H23N/c1-6-8-11(7-2)10(5)12-9(3)4/h6,8-12H,7H2,1-5H3. The lowest BCUT2D eigenvalue weighted by molar-refractivity contribution is 0.395. The second kappa shape index (κ2) is 6.24. The zero-order valence-electron chi connectivity index (χ0n) is 9.09. The summed E-state index contributed by atoms with van der Waals surface area (Å²) in [4.78, 5) is 0. The minimum absolute atomic E-state index is 0.583. The molecule has 72 valence electrons. The largest absolute Gasteiger partial charge is 0.311 e. The molecule has 0 aliphatic heterocycles. The predicted molar refractivity (Wildman–Crippen MR) is 56.3 cm³/mol. The molecule has 0 aromatic carbocycles. The van der Waals surface area contributed by atoms with Gasteiger partial charge in [-0.1, -0.05) is 32.9 Å². The first-order chi connectivity index (χ1) is 5.61. The lowest BCUT2D eigenvalue weighted by atomic mass is 9.97. The highest BCUT2D eigenvalue weighted by Crippen LogP contribution is 2.10. The number of hydrogen-bond acceptors (Lipinski definition) is 1. The van der Waals surface area contributed by atoms with E-state index in [1.165, 1.54) is 6.42 Å². The Labute approximate surface area is 77.2 Å². The monoisotopic (exact) mass is 169 g/mol. The van der Waals surface area contributed by atoms with Gasteiger partial charge in [-0.2, -0.15) is 0 Å². The summed E-state index contributed by atoms with van der Waals surface area (Å²) in [6, 6.07) is 1.17. The molecule has 0 aliphatic carbocycles. The Hall–Kier alpha value is -0.300. The summed E-state index contributed by atoms with van der Waals surface area (Å²) >= 11 is 0. The molecule has 0 fully saturated rings. The van der Waals surface area contributed by atoms with Crippen LogP contribution in [0.2, 0.25) is 0 Å². The predicted octanol–water partition coefficient (Wildman–Crippen LogP) is 2.98. The maximum absolute atomic E-state index is 3.53. The fourth-order valence-corrected chi connectivity index (χ4v) is 1.55. The molecule has 0 amide bonds. The Bertz CT molecular complexity index is 127. The third-order valence-electron chi connectivity index (χ3n) is 2.15. The number of hydrogen-bond donors (Lipinski definition) is 1. The molecule has 0 bridgehead atoms. The Kier molecular flexibility index (Phi) is 6.09. The summed E-state index contributed by atoms with van der Waals surface area (Å²) in [5.74, 6) is 0.678. The molecule has 2 unspecified atom stereocenters. The van der Waals surface area contributed by atoms with Crippen molar-refractivity contribution in [3.05, 3.63) is 12.2 Å². The lowest BCUT2D eigenvalue weighted by Crippen LogP contribution is -2.37. The van der Waals surface area contributed by atoms with Gasteiger partial charge >= 0.3 is 0 Å². The maximum atomic E-state index is 3.53. The number of allylic oxidation sites excluding steroid dienone is 1. The molecule has 1 nitrogen and oxygen atoms in total. The van der Waals surface area contributed by atoms with Crippen molar-refractivity contribution in [1.82, 2.24) is 5.32 Å². The fourth-order valence-electron chi connectivity index (χ4n) is 1.55. The van der Waals surface area contributed by atoms with E-state index < -0.39 is 0 Å². The molecule has 0 radical (unpaired) electrons. The fraction of sp³-hybridized carbons (Fsp3) is 0.818. The van der Waals surface area contributed by atoms with E-state index in [9.17, 15) is 0 Å². The van der Waals surface area contributed by atoms with E-state index in [1.807, 2.05) is 0 Å². The molecule has 2 atom stereocenters. The smallest absolute Gasteiger partial charge is 0.0104 e. The van der Waals surface area contributed by atoms with Crippen molar-refractivity contribution in [1.29, 1.82) is 0 Å². The molecular weight excluding hydrogens is 146 g/mol. The average Bonchev–Trinajstić information content (AvgIpc) is 1.98. The number of nitrogens with one attached hydrogen (secondary N) is 1. The van der Waals surface area contributed by atoms with Crippen molar-refractivity contribution >= 4 is 0 Å². The first-order valence-electron chi connectivity index (χ1n) is 5.00. The van der Waals surface area contributed by atoms with E-state index in [0.717, 1.165) is 0 Å². The second-order valence-corrected chi connectivity index (χ2v) is 3.71. The van der Waals surface area contributed by atoms with Crippen LogP contribution in [0.3, 0.4) is 0 Å². The van der Waals surface area contributed by atoms with Crippen LogP contribution in [-0.2, 0) is 0 Å². The molecule has 0 rings (SSSR count). The van der Waals surface area contributed by atoms with Gasteiger partial charge in [-0.25, -0.2) is 0 Å². The Morgan fingerprint density at radius 2 is 1.83 bits per heavy atom. The van der Waals surface area contributed by atoms with Crippen molar-refractivity contribution < 1.29 is 0 Å². The zero-order chi connectivity index (χ0) is 9.56. The van der Waals surface area contributed by atoms with Crippen molar-refractivity contribution in [2.45, 2.75) is 53.1 Å². The van der Waals surface area contributed by atoms with Crippen molar-refractivity contribution in [3.8, 4) is 0 Å². The Morgan fingerprint density at radius 3 is 2.17 bits per heavy atom. The first-order valence-corrected chi connectivity index (χ1v) is 5.00. The van der Waals surface area contributed by atoms with E-state index in [4.69, 9.17) is 0 Å². The van der Waals surface area contributed by atoms with E-state index in [2.05, 4.69) is 52.1 Å². The van der Waals surface area contributed by atoms with Gasteiger partial charge in [0.05, 0.1) is 0 Å². The van der Waals surface area contributed by atoms with Crippen LogP contribution in [0.1, 0.15) is 41.0 Å². The molecular formula is C11H23N. The number of rotatable bonds is 5. The minimum Gasteiger partial charge on any atom is -0.311 e. The third-order valence-corrected chi connectivity index (χ3v) is 2.15. The molecule has 1 N–H and O–H groups in total. The van der Waals surface area contributed by atoms with Crippen LogP contribution in [0.5, 0.6) is 0 Å². The van der Waals surface area contributed by atoms with Gasteiger partial charge in [0.1, 0.15) is 0 Å². The average molecular weight is 169 g/mol. The normalized spacial score (nSPS) is 17.2. The molecule has 1 heteroatoms. The van der Waals surface area contributed by atoms with Gasteiger partial charge in [0.2, 0.25) is 0 Å². The van der Waals surface area contributed by atoms with Crippen LogP contribution >= 0.6 is 0 Å². The van der Waals surface area contributed by atoms with Crippen molar-refractivity contribution in [3.63, 3.8) is 0 Å². The highest BCUT2D eigenvalue weighted by atomic mass is 14.9. The van der Waals surface area contributed by atoms with Crippen LogP contribution in [0.4, 0.5) is 0 Å². The molecule has 0 saturated heterocycles. The summed E-state index contributed by atoms with van der Waals surface area (Å²) in [5, 5.41) is 3.53. The van der Waals surface area contributed by atoms with Crippen LogP contribution in [-0.4, -0.2) is 12.1 Å². The highest BCUT2D eigenvalue weighted by Gasteiger charge is 2.11. The molecule has 0 aliphatic rings. The minimum atomic E-state index is 0.583. The maximum Gasteiger partial charge on any atom is 0.0104 e. The molecule has 0 saturated carbocycles. The Balaban J connectivity index is 3.93. The van der Waals surface area contributed by atoms with E-state index in [-0.39, 0.29) is 0 Å². The topological polar surface area (TPSA) is 12.0 Å². The van der Waals surface area contributed by atoms with Crippen molar-refractivity contribution in [2.75, 3.05) is 0 Å². The van der Waals surface area contributed by atoms with Gasteiger partial charge in [-0.15, -0.1) is 0 Å². The van der Waals surface area contributed by atoms with E-state index in [1.54, 1.807) is 0 Å². The summed E-state index contributed by atoms with van der Waals surface area (Å²) < 4.78 is 0. The lowest BCUT2D eigenvalue weighted by Gasteiger charge is -2.23. The summed E-state index contributed by atoms with van der Waals surface area (Å²) in [5.41, 5.74) is 0. The van der Waals surface area contributed by atoms with E-state index in [0.29, 0.717) is 18.0 Å². The van der Waals surface area contributed by atoms with Gasteiger partial charge in [-0.3, -0.25) is 0 Å². The quantitative estimate of drug-likeness (QED) is 0.624. The van der Waals surface area contributed by atoms with Gasteiger partial charge < -0.3 is 5.32 Å². The molecule has 0 heterocycles. The van der Waals surface area contributed by atoms with Gasteiger partial charge in [-0.05, 0) is 26.2 Å². The molecule has 0 spiro atoms. The summed E-state index contributed by atoms with van der Waals surface area (Å²) in [6.07, 6.45) is 5.65. The SMILES string of the molecule is CC=CC(CC)C(C)NC(C)C. The zero-order valence-corrected chi connectivity index (χ0v) is 9.09. The molecule has 12 heavy (non-hydrogen) atoms. The van der Waals surface area contributed by atoms with Gasteiger partial charge in [0, 0.05) is 12.1 Å². The van der Waals surface area contributed by atoms with Crippen LogP contribution in [0, 0.1) is 5.92 Å². The second-order valence-electron chi connectivity index (χ2n) is 3.71. The van der Waals surface area contributed by atoms with Crippen LogP contribution in [0.25, 0.3) is 0 Å². The van der Waals surface area contributed by atoms with Gasteiger partial charge in [0.15, 0.2) is 0 Å². The third kappa shape index (κ3) is 4.55. The molecule has 0 aromatic rings. The van der Waals surface area contributed by atoms with Crippen LogP contribution in [0.15, 0.2) is 12.2 Å². The van der Waals surface area contributed by atoms with E-state index >= 15 is 0 Å². The summed E-state index contributed by atoms with van der Waals surface area (Å²) in [7, 11) is 0. The molecule has 0 aromatic heterocycles. The summed E-state index contributed by atoms with van der Waals surface area (Å²) in [6.45, 7) is 11.0.